The summed E-state index contributed by atoms with van der Waals surface area (Å²) in [7, 11) is 0. The SMILES string of the molecule is CCCn1cc2c(n1)C(=O)CC1(CCN(C(=O)O)C(C(C)(C)C)C1)O2. The highest BCUT2D eigenvalue weighted by molar-refractivity contribution is 5.98. The Morgan fingerprint density at radius 1 is 1.48 bits per heavy atom. The fraction of sp³-hybridized carbons (Fsp3) is 0.722. The molecule has 2 unspecified atom stereocenters. The maximum atomic E-state index is 12.7. The Hall–Kier alpha value is -2.05. The average molecular weight is 349 g/mol. The van der Waals surface area contributed by atoms with Gasteiger partial charge in [0.05, 0.1) is 12.6 Å². The number of hydrogen-bond acceptors (Lipinski definition) is 4. The van der Waals surface area contributed by atoms with Crippen LogP contribution in [-0.2, 0) is 6.54 Å². The molecule has 7 nitrogen and oxygen atoms in total. The Bertz CT molecular complexity index is 691. The number of likely N-dealkylation sites (tertiary alicyclic amines) is 1. The molecule has 0 aromatic carbocycles. The van der Waals surface area contributed by atoms with Crippen molar-refractivity contribution >= 4 is 11.9 Å². The fourth-order valence-corrected chi connectivity index (χ4v) is 3.96. The molecule has 2 aliphatic heterocycles. The standard InChI is InChI=1S/C18H27N3O4/c1-5-7-20-11-13-15(19-20)12(22)9-18(25-13)6-8-21(16(23)24)14(10-18)17(2,3)4/h11,14H,5-10H2,1-4H3,(H,23,24). The number of rotatable bonds is 2. The van der Waals surface area contributed by atoms with E-state index in [4.69, 9.17) is 4.74 Å². The number of Topliss-reactive ketones (excluding diaryl/α,β-unsaturated/α-hetero) is 1. The predicted molar refractivity (Wildman–Crippen MR) is 92.0 cm³/mol. The van der Waals surface area contributed by atoms with E-state index in [0.29, 0.717) is 30.8 Å². The quantitative estimate of drug-likeness (QED) is 0.886. The second-order valence-corrected chi connectivity index (χ2v) is 8.30. The van der Waals surface area contributed by atoms with Crippen LogP contribution in [0.1, 0.15) is 63.9 Å². The van der Waals surface area contributed by atoms with Crippen molar-refractivity contribution in [1.29, 1.82) is 0 Å². The van der Waals surface area contributed by atoms with Gasteiger partial charge in [-0.05, 0) is 11.8 Å². The highest BCUT2D eigenvalue weighted by Gasteiger charge is 2.51. The van der Waals surface area contributed by atoms with Crippen molar-refractivity contribution < 1.29 is 19.4 Å². The summed E-state index contributed by atoms with van der Waals surface area (Å²) in [5.41, 5.74) is -0.453. The number of amides is 1. The Morgan fingerprint density at radius 3 is 2.80 bits per heavy atom. The van der Waals surface area contributed by atoms with Crippen LogP contribution in [0.3, 0.4) is 0 Å². The average Bonchev–Trinajstić information content (AvgIpc) is 2.89. The van der Waals surface area contributed by atoms with Gasteiger partial charge in [0.2, 0.25) is 0 Å². The predicted octanol–water partition coefficient (Wildman–Crippen LogP) is 3.19. The van der Waals surface area contributed by atoms with E-state index < -0.39 is 11.7 Å². The normalized spacial score (nSPS) is 26.5. The number of fused-ring (bicyclic) bond motifs is 1. The van der Waals surface area contributed by atoms with Crippen LogP contribution in [0.5, 0.6) is 5.75 Å². The molecular formula is C18H27N3O4. The summed E-state index contributed by atoms with van der Waals surface area (Å²) in [4.78, 5) is 25.8. The van der Waals surface area contributed by atoms with Crippen LogP contribution in [-0.4, -0.2) is 49.9 Å². The zero-order valence-electron chi connectivity index (χ0n) is 15.4. The summed E-state index contributed by atoms with van der Waals surface area (Å²) in [6.07, 6.45) is 3.13. The highest BCUT2D eigenvalue weighted by Crippen LogP contribution is 2.44. The first-order valence-electron chi connectivity index (χ1n) is 8.94. The Balaban J connectivity index is 1.89. The van der Waals surface area contributed by atoms with E-state index in [1.54, 1.807) is 10.9 Å². The summed E-state index contributed by atoms with van der Waals surface area (Å²) in [6.45, 7) is 9.27. The summed E-state index contributed by atoms with van der Waals surface area (Å²) < 4.78 is 8.05. The lowest BCUT2D eigenvalue weighted by Gasteiger charge is -2.50. The number of carbonyl (C=O) groups excluding carboxylic acids is 1. The molecular weight excluding hydrogens is 322 g/mol. The van der Waals surface area contributed by atoms with Gasteiger partial charge in [-0.15, -0.1) is 0 Å². The van der Waals surface area contributed by atoms with E-state index in [0.717, 1.165) is 13.0 Å². The minimum absolute atomic E-state index is 0.00691. The van der Waals surface area contributed by atoms with Crippen molar-refractivity contribution in [3.8, 4) is 5.75 Å². The maximum Gasteiger partial charge on any atom is 0.407 e. The number of carboxylic acid groups (broad SMARTS) is 1. The molecule has 3 heterocycles. The molecule has 1 spiro atoms. The van der Waals surface area contributed by atoms with E-state index in [2.05, 4.69) is 12.0 Å². The monoisotopic (exact) mass is 349 g/mol. The largest absolute Gasteiger partial charge is 0.483 e. The molecule has 0 radical (unpaired) electrons. The topological polar surface area (TPSA) is 84.7 Å². The zero-order valence-corrected chi connectivity index (χ0v) is 15.4. The molecule has 1 amide bonds. The van der Waals surface area contributed by atoms with Crippen molar-refractivity contribution in [1.82, 2.24) is 14.7 Å². The van der Waals surface area contributed by atoms with Crippen LogP contribution in [0, 0.1) is 5.41 Å². The number of aromatic nitrogens is 2. The first kappa shape index (κ1) is 17.8. The fourth-order valence-electron chi connectivity index (χ4n) is 3.96. The lowest BCUT2D eigenvalue weighted by Crippen LogP contribution is -2.59. The minimum Gasteiger partial charge on any atom is -0.483 e. The van der Waals surface area contributed by atoms with Gasteiger partial charge in [-0.3, -0.25) is 9.48 Å². The molecule has 0 saturated carbocycles. The summed E-state index contributed by atoms with van der Waals surface area (Å²) in [5, 5.41) is 13.9. The molecule has 3 rings (SSSR count). The molecule has 1 aromatic rings. The number of aryl methyl sites for hydroxylation is 1. The Labute approximate surface area is 147 Å². The van der Waals surface area contributed by atoms with Crippen molar-refractivity contribution in [2.75, 3.05) is 6.54 Å². The molecule has 0 aliphatic carbocycles. The van der Waals surface area contributed by atoms with Gasteiger partial charge in [0.25, 0.3) is 0 Å². The van der Waals surface area contributed by atoms with E-state index in [9.17, 15) is 14.7 Å². The second-order valence-electron chi connectivity index (χ2n) is 8.30. The first-order chi connectivity index (χ1) is 11.6. The van der Waals surface area contributed by atoms with Gasteiger partial charge in [-0.25, -0.2) is 4.79 Å². The Kier molecular flexibility index (Phi) is 4.29. The third-order valence-corrected chi connectivity index (χ3v) is 5.25. The van der Waals surface area contributed by atoms with Crippen molar-refractivity contribution in [2.24, 2.45) is 5.41 Å². The van der Waals surface area contributed by atoms with Crippen LogP contribution < -0.4 is 4.74 Å². The third-order valence-electron chi connectivity index (χ3n) is 5.25. The second kappa shape index (κ2) is 6.04. The molecule has 138 valence electrons. The highest BCUT2D eigenvalue weighted by atomic mass is 16.5. The third kappa shape index (κ3) is 3.24. The van der Waals surface area contributed by atoms with Gasteiger partial charge in [-0.2, -0.15) is 5.10 Å². The Morgan fingerprint density at radius 2 is 2.20 bits per heavy atom. The van der Waals surface area contributed by atoms with Gasteiger partial charge >= 0.3 is 6.09 Å². The molecule has 1 aromatic heterocycles. The molecule has 2 atom stereocenters. The summed E-state index contributed by atoms with van der Waals surface area (Å²) >= 11 is 0. The van der Waals surface area contributed by atoms with Gasteiger partial charge < -0.3 is 14.7 Å². The number of ketones is 1. The molecule has 2 aliphatic rings. The van der Waals surface area contributed by atoms with Crippen molar-refractivity contribution in [3.05, 3.63) is 11.9 Å². The lowest BCUT2D eigenvalue weighted by molar-refractivity contribution is -0.0522. The molecule has 1 N–H and O–H groups in total. The van der Waals surface area contributed by atoms with Crippen LogP contribution >= 0.6 is 0 Å². The smallest absolute Gasteiger partial charge is 0.407 e. The number of nitrogens with zero attached hydrogens (tertiary/aromatic N) is 3. The van der Waals surface area contributed by atoms with Gasteiger partial charge in [-0.1, -0.05) is 27.7 Å². The molecule has 1 saturated heterocycles. The van der Waals surface area contributed by atoms with Crippen LogP contribution in [0.25, 0.3) is 0 Å². The number of ether oxygens (including phenoxy) is 1. The maximum absolute atomic E-state index is 12.7. The van der Waals surface area contributed by atoms with E-state index in [1.165, 1.54) is 4.90 Å². The lowest BCUT2D eigenvalue weighted by atomic mass is 9.72. The van der Waals surface area contributed by atoms with E-state index in [1.807, 2.05) is 20.8 Å². The van der Waals surface area contributed by atoms with Gasteiger partial charge in [0.15, 0.2) is 17.2 Å². The number of piperidine rings is 1. The molecule has 7 heteroatoms. The first-order valence-corrected chi connectivity index (χ1v) is 8.94. The van der Waals surface area contributed by atoms with Crippen LogP contribution in [0.2, 0.25) is 0 Å². The summed E-state index contributed by atoms with van der Waals surface area (Å²) in [6, 6.07) is -0.196. The number of hydrogen-bond donors (Lipinski definition) is 1. The molecule has 1 fully saturated rings. The van der Waals surface area contributed by atoms with E-state index >= 15 is 0 Å². The zero-order chi connectivity index (χ0) is 18.4. The minimum atomic E-state index is -0.909. The number of carbonyl (C=O) groups is 2. The molecule has 25 heavy (non-hydrogen) atoms. The van der Waals surface area contributed by atoms with Gasteiger partial charge in [0.1, 0.15) is 5.60 Å². The molecule has 0 bridgehead atoms. The van der Waals surface area contributed by atoms with Crippen LogP contribution in [0.4, 0.5) is 4.79 Å². The van der Waals surface area contributed by atoms with E-state index in [-0.39, 0.29) is 23.7 Å². The summed E-state index contributed by atoms with van der Waals surface area (Å²) in [5.74, 6) is 0.536. The van der Waals surface area contributed by atoms with Crippen molar-refractivity contribution in [2.45, 2.75) is 71.6 Å². The van der Waals surface area contributed by atoms with Gasteiger partial charge in [0, 0.05) is 32.0 Å². The van der Waals surface area contributed by atoms with Crippen molar-refractivity contribution in [3.63, 3.8) is 0 Å². The van der Waals surface area contributed by atoms with Crippen LogP contribution in [0.15, 0.2) is 6.20 Å².